The molecule has 0 radical (unpaired) electrons. The van der Waals surface area contributed by atoms with Crippen molar-refractivity contribution < 1.29 is 18.5 Å². The molecule has 8 nitrogen and oxygen atoms in total. The van der Waals surface area contributed by atoms with E-state index in [1.807, 2.05) is 0 Å². The molecular weight excluding hydrogens is 460 g/mol. The lowest BCUT2D eigenvalue weighted by atomic mass is 10.1. The van der Waals surface area contributed by atoms with Crippen LogP contribution in [0, 0.1) is 10.1 Å². The fourth-order valence-electron chi connectivity index (χ4n) is 4.37. The second-order valence-electron chi connectivity index (χ2n) is 9.81. The Hall–Kier alpha value is -3.08. The van der Waals surface area contributed by atoms with Gasteiger partial charge in [0.25, 0.3) is 17.5 Å². The zero-order valence-corrected chi connectivity index (χ0v) is 20.4. The van der Waals surface area contributed by atoms with Crippen LogP contribution in [0.15, 0.2) is 36.5 Å². The molecule has 1 amide bonds. The first kappa shape index (κ1) is 24.1. The van der Waals surface area contributed by atoms with Crippen LogP contribution in [0.1, 0.15) is 23.2 Å². The van der Waals surface area contributed by atoms with E-state index in [2.05, 4.69) is 28.3 Å². The molecule has 2 fully saturated rings. The first-order valence-electron chi connectivity index (χ1n) is 11.5. The van der Waals surface area contributed by atoms with Gasteiger partial charge in [-0.1, -0.05) is 0 Å². The number of nitro benzene ring substituents is 1. The molecule has 183 valence electrons. The van der Waals surface area contributed by atoms with Gasteiger partial charge in [-0.3, -0.25) is 14.9 Å². The molecule has 2 aliphatic heterocycles. The summed E-state index contributed by atoms with van der Waals surface area (Å²) in [5, 5.41) is 14.2. The zero-order chi connectivity index (χ0) is 24.5. The van der Waals surface area contributed by atoms with Crippen molar-refractivity contribution in [3.05, 3.63) is 52.2 Å². The second-order valence-corrected chi connectivity index (χ2v) is 15.1. The average molecular weight is 490 g/mol. The van der Waals surface area contributed by atoms with E-state index in [0.717, 1.165) is 25.2 Å². The van der Waals surface area contributed by atoms with E-state index in [-0.39, 0.29) is 37.5 Å². The molecule has 3 heterocycles. The Morgan fingerprint density at radius 2 is 1.76 bits per heavy atom. The first-order valence-corrected chi connectivity index (χ1v) is 14.9. The zero-order valence-electron chi connectivity index (χ0n) is 19.4. The van der Waals surface area contributed by atoms with Crippen molar-refractivity contribution in [3.63, 3.8) is 0 Å². The number of benzene rings is 1. The third-order valence-electron chi connectivity index (χ3n) is 6.72. The first-order chi connectivity index (χ1) is 16.0. The van der Waals surface area contributed by atoms with E-state index in [0.29, 0.717) is 22.8 Å². The normalized spacial score (nSPS) is 19.5. The Morgan fingerprint density at radius 1 is 1.09 bits per heavy atom. The summed E-state index contributed by atoms with van der Waals surface area (Å²) in [6.45, 7) is 6.57. The van der Waals surface area contributed by atoms with Crippen LogP contribution in [0.25, 0.3) is 0 Å². The quantitative estimate of drug-likeness (QED) is 0.361. The van der Waals surface area contributed by atoms with Crippen molar-refractivity contribution in [2.75, 3.05) is 41.3 Å². The van der Waals surface area contributed by atoms with Crippen LogP contribution in [-0.4, -0.2) is 56.0 Å². The minimum absolute atomic E-state index is 0.0540. The number of halogens is 2. The Morgan fingerprint density at radius 3 is 2.41 bits per heavy atom. The third kappa shape index (κ3) is 5.52. The number of nitrogens with one attached hydrogen (secondary N) is 1. The van der Waals surface area contributed by atoms with Crippen LogP contribution < -0.4 is 15.1 Å². The summed E-state index contributed by atoms with van der Waals surface area (Å²) in [7, 11) is -1.27. The number of pyridine rings is 1. The lowest BCUT2D eigenvalue weighted by Crippen LogP contribution is -2.43. The molecule has 0 spiro atoms. The molecular formula is C23H29F2N5O3Si-. The molecule has 0 saturated carbocycles. The average Bonchev–Trinajstić information content (AvgIpc) is 2.79. The fraction of sp³-hybridized carbons (Fsp3) is 0.478. The Balaban J connectivity index is 1.55. The number of piperidine rings is 1. The van der Waals surface area contributed by atoms with Gasteiger partial charge >= 0.3 is 0 Å². The molecule has 0 atom stereocenters. The highest BCUT2D eigenvalue weighted by atomic mass is 28.3. The van der Waals surface area contributed by atoms with E-state index in [1.54, 1.807) is 17.0 Å². The summed E-state index contributed by atoms with van der Waals surface area (Å²) in [6, 6.07) is 9.72. The van der Waals surface area contributed by atoms with E-state index < -0.39 is 18.9 Å². The summed E-state index contributed by atoms with van der Waals surface area (Å²) >= 11 is 0. The van der Waals surface area contributed by atoms with Crippen LogP contribution in [0.4, 0.5) is 31.7 Å². The summed E-state index contributed by atoms with van der Waals surface area (Å²) in [4.78, 5) is 32.3. The summed E-state index contributed by atoms with van der Waals surface area (Å²) in [6.07, 6.45) is 1.08. The topological polar surface area (TPSA) is 91.6 Å². The van der Waals surface area contributed by atoms with Crippen molar-refractivity contribution in [2.24, 2.45) is 0 Å². The van der Waals surface area contributed by atoms with Gasteiger partial charge in [0.2, 0.25) is 0 Å². The molecule has 0 bridgehead atoms. The summed E-state index contributed by atoms with van der Waals surface area (Å²) < 4.78 is 27.0. The van der Waals surface area contributed by atoms with Crippen molar-refractivity contribution in [2.45, 2.75) is 43.9 Å². The molecule has 0 aliphatic carbocycles. The van der Waals surface area contributed by atoms with Crippen LogP contribution >= 0.6 is 0 Å². The maximum Gasteiger partial charge on any atom is 0.271 e. The minimum Gasteiger partial charge on any atom is -0.376 e. The maximum atomic E-state index is 13.5. The van der Waals surface area contributed by atoms with Crippen molar-refractivity contribution in [3.8, 4) is 0 Å². The molecule has 2 aromatic rings. The highest BCUT2D eigenvalue weighted by Crippen LogP contribution is 2.33. The number of anilines is 3. The minimum atomic E-state index is -2.65. The molecule has 1 aromatic carbocycles. The van der Waals surface area contributed by atoms with Crippen LogP contribution in [0.2, 0.25) is 25.2 Å². The van der Waals surface area contributed by atoms with Crippen LogP contribution in [-0.2, 0) is 0 Å². The van der Waals surface area contributed by atoms with Gasteiger partial charge in [0.15, 0.2) is 0 Å². The second kappa shape index (κ2) is 9.28. The van der Waals surface area contributed by atoms with Gasteiger partial charge in [0.1, 0.15) is 5.82 Å². The number of hydrogen-bond acceptors (Lipinski definition) is 6. The molecule has 0 unspecified atom stereocenters. The summed E-state index contributed by atoms with van der Waals surface area (Å²) in [5.41, 5.74) is 1.36. The summed E-state index contributed by atoms with van der Waals surface area (Å²) in [5.74, 6) is -2.50. The fourth-order valence-corrected chi connectivity index (χ4v) is 6.37. The van der Waals surface area contributed by atoms with E-state index in [4.69, 9.17) is 0 Å². The van der Waals surface area contributed by atoms with E-state index >= 15 is 0 Å². The number of alkyl halides is 2. The molecule has 34 heavy (non-hydrogen) atoms. The number of carbonyl (C=O) groups is 1. The van der Waals surface area contributed by atoms with Gasteiger partial charge in [-0.2, -0.15) is 13.1 Å². The lowest BCUT2D eigenvalue weighted by molar-refractivity contribution is -0.384. The van der Waals surface area contributed by atoms with Crippen molar-refractivity contribution in [1.29, 1.82) is 0 Å². The van der Waals surface area contributed by atoms with Gasteiger partial charge < -0.3 is 15.1 Å². The lowest BCUT2D eigenvalue weighted by Gasteiger charge is -2.45. The predicted octanol–water partition coefficient (Wildman–Crippen LogP) is 5.01. The third-order valence-corrected chi connectivity index (χ3v) is 9.87. The molecule has 4 rings (SSSR count). The number of nitro groups is 1. The number of carbonyl (C=O) groups excluding carboxylic acids is 1. The molecule has 2 aliphatic rings. The van der Waals surface area contributed by atoms with Crippen molar-refractivity contribution in [1.82, 2.24) is 4.98 Å². The van der Waals surface area contributed by atoms with Crippen molar-refractivity contribution >= 4 is 36.9 Å². The monoisotopic (exact) mass is 489 g/mol. The Bertz CT molecular complexity index is 1080. The van der Waals surface area contributed by atoms with E-state index in [1.165, 1.54) is 24.4 Å². The smallest absolute Gasteiger partial charge is 0.271 e. The van der Waals surface area contributed by atoms with Gasteiger partial charge in [0.05, 0.1) is 16.2 Å². The predicted molar refractivity (Wildman–Crippen MR) is 131 cm³/mol. The number of hydrogen-bond donors (Lipinski definition) is 1. The van der Waals surface area contributed by atoms with Gasteiger partial charge in [-0.05, 0) is 25.2 Å². The van der Waals surface area contributed by atoms with Crippen LogP contribution in [0.5, 0.6) is 0 Å². The van der Waals surface area contributed by atoms with E-state index in [9.17, 15) is 23.7 Å². The van der Waals surface area contributed by atoms with Crippen LogP contribution in [0.3, 0.4) is 0 Å². The largest absolute Gasteiger partial charge is 0.376 e. The van der Waals surface area contributed by atoms with Gasteiger partial charge in [0, 0.05) is 56.0 Å². The number of non-ortho nitro benzene ring substituents is 1. The highest BCUT2D eigenvalue weighted by molar-refractivity contribution is 6.77. The Labute approximate surface area is 198 Å². The number of rotatable bonds is 5. The number of amides is 1. The highest BCUT2D eigenvalue weighted by Gasteiger charge is 2.34. The number of aromatic nitrogens is 1. The molecule has 2 saturated heterocycles. The standard InChI is InChI=1S/C23H29F2N5O3Si/c1-34(2)13-11-28(12-14-34)20-16-18(30(32)33)3-4-19(20)22(31)27-17-5-8-26-21(15-17)29-9-6-23(24,25)7-10-29/h3-5,8,15-16H,6-7,9-14H2,1-2H3,(H,26,27,31)/q-1. The molecule has 11 heteroatoms. The number of nitrogens with zero attached hydrogens (tertiary/aromatic N) is 4. The molecule has 1 N–H and O–H groups in total. The SMILES string of the molecule is C[Si-]1(C)CCN(c2cc([N+](=O)[O-])ccc2C(=O)Nc2ccnc(N3CCC(F)(F)CC3)c2)CC1. The maximum absolute atomic E-state index is 13.5. The van der Waals surface area contributed by atoms with Gasteiger partial charge in [-0.15, -0.1) is 20.2 Å². The van der Waals surface area contributed by atoms with Gasteiger partial charge in [-0.25, -0.2) is 13.8 Å². The molecule has 1 aromatic heterocycles. The Kier molecular flexibility index (Phi) is 6.57.